The minimum atomic E-state index is -0.640. The van der Waals surface area contributed by atoms with Gasteiger partial charge in [0.1, 0.15) is 17.7 Å². The molecule has 0 radical (unpaired) electrons. The number of carbonyl (C=O) groups excluding carboxylic acids is 3. The third-order valence-corrected chi connectivity index (χ3v) is 7.08. The minimum absolute atomic E-state index is 0.196. The first kappa shape index (κ1) is 21.5. The predicted octanol–water partition coefficient (Wildman–Crippen LogP) is 3.06. The molecule has 176 valence electrons. The highest BCUT2D eigenvalue weighted by Gasteiger charge is 2.39. The van der Waals surface area contributed by atoms with Crippen LogP contribution in [0.4, 0.5) is 11.5 Å². The number of aryl methyl sites for hydroxylation is 2. The van der Waals surface area contributed by atoms with Crippen LogP contribution in [0, 0.1) is 0 Å². The van der Waals surface area contributed by atoms with E-state index in [9.17, 15) is 14.4 Å². The van der Waals surface area contributed by atoms with Crippen molar-refractivity contribution in [2.24, 2.45) is 0 Å². The van der Waals surface area contributed by atoms with Crippen LogP contribution in [0.1, 0.15) is 57.7 Å². The van der Waals surface area contributed by atoms with E-state index in [4.69, 9.17) is 4.98 Å². The molecule has 3 aromatic rings. The van der Waals surface area contributed by atoms with E-state index in [1.165, 1.54) is 23.1 Å². The summed E-state index contributed by atoms with van der Waals surface area (Å²) in [6.45, 7) is 0.302. The molecule has 2 N–H and O–H groups in total. The van der Waals surface area contributed by atoms with Crippen LogP contribution in [-0.4, -0.2) is 38.6 Å². The molecule has 1 saturated heterocycles. The van der Waals surface area contributed by atoms with Gasteiger partial charge in [0.05, 0.1) is 0 Å². The molecule has 1 atom stereocenters. The van der Waals surface area contributed by atoms with Crippen molar-refractivity contribution in [1.82, 2.24) is 20.2 Å². The maximum absolute atomic E-state index is 13.1. The van der Waals surface area contributed by atoms with Crippen molar-refractivity contribution in [2.45, 2.75) is 51.1 Å². The van der Waals surface area contributed by atoms with E-state index < -0.39 is 11.9 Å². The lowest BCUT2D eigenvalue weighted by atomic mass is 10.0. The first-order valence-corrected chi connectivity index (χ1v) is 12.0. The van der Waals surface area contributed by atoms with E-state index in [0.717, 1.165) is 29.9 Å². The maximum Gasteiger partial charge on any atom is 0.255 e. The Hall–Kier alpha value is -4.07. The molecule has 35 heavy (non-hydrogen) atoms. The van der Waals surface area contributed by atoms with Gasteiger partial charge in [-0.15, -0.1) is 0 Å². The van der Waals surface area contributed by atoms with E-state index in [1.807, 2.05) is 12.1 Å². The second kappa shape index (κ2) is 8.61. The van der Waals surface area contributed by atoms with E-state index in [-0.39, 0.29) is 18.2 Å². The number of nitrogens with zero attached hydrogens (tertiary/aromatic N) is 3. The van der Waals surface area contributed by atoms with Gasteiger partial charge in [0.2, 0.25) is 11.8 Å². The Morgan fingerprint density at radius 2 is 1.91 bits per heavy atom. The number of rotatable bonds is 5. The van der Waals surface area contributed by atoms with Crippen molar-refractivity contribution in [3.63, 3.8) is 0 Å². The molecule has 1 unspecified atom stereocenters. The zero-order valence-corrected chi connectivity index (χ0v) is 19.2. The van der Waals surface area contributed by atoms with Crippen LogP contribution in [0.25, 0.3) is 0 Å². The third kappa shape index (κ3) is 4.05. The topological polar surface area (TPSA) is 104 Å². The van der Waals surface area contributed by atoms with E-state index >= 15 is 0 Å². The first-order chi connectivity index (χ1) is 17.0. The summed E-state index contributed by atoms with van der Waals surface area (Å²) in [4.78, 5) is 47.7. The van der Waals surface area contributed by atoms with Crippen molar-refractivity contribution in [3.8, 4) is 0 Å². The summed E-state index contributed by atoms with van der Waals surface area (Å²) in [6.07, 6.45) is 6.48. The summed E-state index contributed by atoms with van der Waals surface area (Å²) in [5.74, 6) is 0.470. The standard InChI is InChI=1S/C27H25N5O3/c33-25-10-9-22(26(34)31-25)32-15-20-19(27(32)35)5-2-6-21(20)29-23-11-12-28-24(30-23)14-16-7-8-17-3-1-4-18(17)13-16/h2,5-8,11-13,22H,1,3-4,9-10,14-15H2,(H,28,29,30)(H,31,33,34). The Kier molecular flexibility index (Phi) is 5.28. The van der Waals surface area contributed by atoms with Gasteiger partial charge >= 0.3 is 0 Å². The van der Waals surface area contributed by atoms with Gasteiger partial charge in [-0.3, -0.25) is 19.7 Å². The lowest BCUT2D eigenvalue weighted by molar-refractivity contribution is -0.136. The second-order valence-electron chi connectivity index (χ2n) is 9.35. The molecule has 3 amide bonds. The normalized spacial score (nSPS) is 18.9. The average molecular weight is 468 g/mol. The summed E-state index contributed by atoms with van der Waals surface area (Å²) < 4.78 is 0. The van der Waals surface area contributed by atoms with Crippen molar-refractivity contribution < 1.29 is 14.4 Å². The Labute approximate surface area is 202 Å². The number of amides is 3. The molecule has 0 spiro atoms. The fraction of sp³-hybridized carbons (Fsp3) is 0.296. The molecule has 3 aliphatic rings. The van der Waals surface area contributed by atoms with E-state index in [2.05, 4.69) is 33.8 Å². The lowest BCUT2D eigenvalue weighted by Gasteiger charge is -2.29. The molecule has 8 heteroatoms. The number of anilines is 2. The van der Waals surface area contributed by atoms with E-state index in [1.54, 1.807) is 23.2 Å². The van der Waals surface area contributed by atoms with Gasteiger partial charge in [-0.2, -0.15) is 0 Å². The first-order valence-electron chi connectivity index (χ1n) is 12.0. The number of imide groups is 1. The highest BCUT2D eigenvalue weighted by Crippen LogP contribution is 2.33. The van der Waals surface area contributed by atoms with Crippen LogP contribution in [0.5, 0.6) is 0 Å². The molecular weight excluding hydrogens is 442 g/mol. The van der Waals surface area contributed by atoms with Gasteiger partial charge in [0, 0.05) is 42.4 Å². The molecule has 0 saturated carbocycles. The molecule has 8 nitrogen and oxygen atoms in total. The molecule has 0 bridgehead atoms. The number of hydrogen-bond donors (Lipinski definition) is 2. The number of benzene rings is 2. The number of fused-ring (bicyclic) bond motifs is 2. The van der Waals surface area contributed by atoms with Gasteiger partial charge < -0.3 is 10.2 Å². The Morgan fingerprint density at radius 1 is 1.03 bits per heavy atom. The van der Waals surface area contributed by atoms with Crippen LogP contribution in [-0.2, 0) is 35.4 Å². The van der Waals surface area contributed by atoms with Crippen LogP contribution in [0.15, 0.2) is 48.7 Å². The van der Waals surface area contributed by atoms with Gasteiger partial charge in [-0.05, 0) is 60.6 Å². The zero-order valence-electron chi connectivity index (χ0n) is 19.2. The molecule has 2 aromatic carbocycles. The van der Waals surface area contributed by atoms with Crippen LogP contribution < -0.4 is 10.6 Å². The average Bonchev–Trinajstić information content (AvgIpc) is 3.44. The van der Waals surface area contributed by atoms with Crippen molar-refractivity contribution >= 4 is 29.2 Å². The van der Waals surface area contributed by atoms with Gasteiger partial charge in [0.25, 0.3) is 5.91 Å². The largest absolute Gasteiger partial charge is 0.340 e. The second-order valence-corrected chi connectivity index (χ2v) is 9.35. The van der Waals surface area contributed by atoms with Crippen LogP contribution in [0.3, 0.4) is 0 Å². The number of aromatic nitrogens is 2. The Morgan fingerprint density at radius 3 is 2.80 bits per heavy atom. The monoisotopic (exact) mass is 467 g/mol. The Balaban J connectivity index is 1.21. The summed E-state index contributed by atoms with van der Waals surface area (Å²) in [7, 11) is 0. The smallest absolute Gasteiger partial charge is 0.255 e. The molecular formula is C27H25N5O3. The molecule has 1 aliphatic carbocycles. The molecule has 3 heterocycles. The number of carbonyl (C=O) groups is 3. The SMILES string of the molecule is O=C1CCC(N2Cc3c(Nc4ccnc(Cc5ccc6c(c5)CCC6)n4)cccc3C2=O)C(=O)N1. The van der Waals surface area contributed by atoms with Gasteiger partial charge in [-0.25, -0.2) is 9.97 Å². The zero-order chi connectivity index (χ0) is 23.9. The van der Waals surface area contributed by atoms with Gasteiger partial charge in [-0.1, -0.05) is 24.3 Å². The lowest BCUT2D eigenvalue weighted by Crippen LogP contribution is -2.52. The quantitative estimate of drug-likeness (QED) is 0.559. The van der Waals surface area contributed by atoms with Crippen molar-refractivity contribution in [2.75, 3.05) is 5.32 Å². The van der Waals surface area contributed by atoms with Crippen molar-refractivity contribution in [3.05, 3.63) is 82.3 Å². The highest BCUT2D eigenvalue weighted by molar-refractivity contribution is 6.06. The molecule has 6 rings (SSSR count). The summed E-state index contributed by atoms with van der Waals surface area (Å²) in [5, 5.41) is 5.69. The van der Waals surface area contributed by atoms with Gasteiger partial charge in [0.15, 0.2) is 0 Å². The summed E-state index contributed by atoms with van der Waals surface area (Å²) >= 11 is 0. The van der Waals surface area contributed by atoms with Crippen LogP contribution in [0.2, 0.25) is 0 Å². The minimum Gasteiger partial charge on any atom is -0.340 e. The summed E-state index contributed by atoms with van der Waals surface area (Å²) in [6, 6.07) is 13.3. The summed E-state index contributed by atoms with van der Waals surface area (Å²) in [5.41, 5.74) is 6.24. The van der Waals surface area contributed by atoms with Crippen molar-refractivity contribution in [1.29, 1.82) is 0 Å². The molecule has 2 aliphatic heterocycles. The fourth-order valence-corrected chi connectivity index (χ4v) is 5.31. The molecule has 1 fully saturated rings. The third-order valence-electron chi connectivity index (χ3n) is 7.08. The number of piperidine rings is 1. The maximum atomic E-state index is 13.1. The van der Waals surface area contributed by atoms with E-state index in [0.29, 0.717) is 30.8 Å². The number of hydrogen-bond acceptors (Lipinski definition) is 6. The number of nitrogens with one attached hydrogen (secondary N) is 2. The molecule has 1 aromatic heterocycles. The fourth-order valence-electron chi connectivity index (χ4n) is 5.31. The Bertz CT molecular complexity index is 1370. The predicted molar refractivity (Wildman–Crippen MR) is 129 cm³/mol. The highest BCUT2D eigenvalue weighted by atomic mass is 16.2. The van der Waals surface area contributed by atoms with Crippen LogP contribution >= 0.6 is 0 Å².